The molecule has 0 spiro atoms. The fraction of sp³-hybridized carbons (Fsp3) is 0.160. The van der Waals surface area contributed by atoms with Crippen LogP contribution < -0.4 is 16.2 Å². The minimum atomic E-state index is -0.332. The van der Waals surface area contributed by atoms with E-state index in [1.165, 1.54) is 4.68 Å². The molecule has 0 saturated heterocycles. The van der Waals surface area contributed by atoms with Gasteiger partial charge in [-0.2, -0.15) is 0 Å². The Morgan fingerprint density at radius 3 is 2.45 bits per heavy atom. The summed E-state index contributed by atoms with van der Waals surface area (Å²) in [5.74, 6) is -0.597. The number of rotatable bonds is 8. The lowest BCUT2D eigenvalue weighted by Crippen LogP contribution is -2.28. The average molecular weight is 441 g/mol. The van der Waals surface area contributed by atoms with Gasteiger partial charge in [0, 0.05) is 13.0 Å². The molecule has 3 aromatic carbocycles. The molecule has 0 aliphatic carbocycles. The number of hydrogen-bond acceptors (Lipinski definition) is 5. The van der Waals surface area contributed by atoms with Crippen molar-refractivity contribution in [2.24, 2.45) is 0 Å². The van der Waals surface area contributed by atoms with Crippen LogP contribution in [0.4, 0.5) is 5.69 Å². The maximum atomic E-state index is 12.7. The van der Waals surface area contributed by atoms with Crippen LogP contribution in [0.1, 0.15) is 22.3 Å². The predicted octanol–water partition coefficient (Wildman–Crippen LogP) is 2.79. The van der Waals surface area contributed by atoms with Crippen LogP contribution in [0.25, 0.3) is 10.9 Å². The number of nitrogens with one attached hydrogen (secondary N) is 2. The summed E-state index contributed by atoms with van der Waals surface area (Å²) in [4.78, 5) is 37.7. The van der Waals surface area contributed by atoms with Crippen molar-refractivity contribution in [2.45, 2.75) is 19.4 Å². The quantitative estimate of drug-likeness (QED) is 0.437. The van der Waals surface area contributed by atoms with Gasteiger partial charge in [0.25, 0.3) is 11.5 Å². The highest BCUT2D eigenvalue weighted by molar-refractivity contribution is 6.03. The molecule has 8 heteroatoms. The summed E-state index contributed by atoms with van der Waals surface area (Å²) in [5, 5.41) is 14.0. The number of para-hydroxylation sites is 1. The number of aromatic nitrogens is 3. The van der Waals surface area contributed by atoms with Gasteiger partial charge in [-0.05, 0) is 36.2 Å². The first-order valence-electron chi connectivity index (χ1n) is 10.7. The highest BCUT2D eigenvalue weighted by Crippen LogP contribution is 2.15. The van der Waals surface area contributed by atoms with Gasteiger partial charge in [0.2, 0.25) is 5.91 Å². The molecule has 1 heterocycles. The van der Waals surface area contributed by atoms with Crippen LogP contribution in [0.3, 0.4) is 0 Å². The van der Waals surface area contributed by atoms with E-state index in [0.717, 1.165) is 5.56 Å². The van der Waals surface area contributed by atoms with Gasteiger partial charge in [0.15, 0.2) is 0 Å². The van der Waals surface area contributed by atoms with Crippen molar-refractivity contribution in [2.75, 3.05) is 11.9 Å². The zero-order chi connectivity index (χ0) is 23.0. The number of nitrogens with zero attached hydrogens (tertiary/aromatic N) is 3. The highest BCUT2D eigenvalue weighted by Gasteiger charge is 2.14. The lowest BCUT2D eigenvalue weighted by Gasteiger charge is -2.12. The van der Waals surface area contributed by atoms with E-state index in [0.29, 0.717) is 35.1 Å². The van der Waals surface area contributed by atoms with Crippen LogP contribution in [0, 0.1) is 0 Å². The number of carbonyl (C=O) groups is 2. The smallest absolute Gasteiger partial charge is 0.277 e. The maximum absolute atomic E-state index is 12.7. The fourth-order valence-electron chi connectivity index (χ4n) is 3.44. The highest BCUT2D eigenvalue weighted by atomic mass is 16.2. The largest absolute Gasteiger partial charge is 0.352 e. The Hall–Kier alpha value is -4.33. The maximum Gasteiger partial charge on any atom is 0.277 e. The molecule has 4 aromatic rings. The van der Waals surface area contributed by atoms with Gasteiger partial charge < -0.3 is 10.6 Å². The molecule has 0 unspecified atom stereocenters. The molecule has 33 heavy (non-hydrogen) atoms. The van der Waals surface area contributed by atoms with E-state index in [-0.39, 0.29) is 30.3 Å². The van der Waals surface area contributed by atoms with Crippen molar-refractivity contribution in [1.82, 2.24) is 20.3 Å². The summed E-state index contributed by atoms with van der Waals surface area (Å²) in [7, 11) is 0. The molecular weight excluding hydrogens is 418 g/mol. The number of aryl methyl sites for hydroxylation is 1. The molecule has 2 amide bonds. The van der Waals surface area contributed by atoms with Crippen molar-refractivity contribution >= 4 is 28.4 Å². The second-order valence-corrected chi connectivity index (χ2v) is 7.47. The van der Waals surface area contributed by atoms with Crippen LogP contribution >= 0.6 is 0 Å². The van der Waals surface area contributed by atoms with Gasteiger partial charge in [-0.1, -0.05) is 59.8 Å². The van der Waals surface area contributed by atoms with Gasteiger partial charge in [0.1, 0.15) is 5.52 Å². The van der Waals surface area contributed by atoms with Crippen LogP contribution in [-0.2, 0) is 17.8 Å². The molecule has 0 radical (unpaired) electrons. The molecule has 0 bridgehead atoms. The number of anilines is 1. The first-order chi connectivity index (χ1) is 16.1. The minimum Gasteiger partial charge on any atom is -0.352 e. The molecule has 4 rings (SSSR count). The Kier molecular flexibility index (Phi) is 6.84. The van der Waals surface area contributed by atoms with Crippen LogP contribution in [0.15, 0.2) is 83.7 Å². The van der Waals surface area contributed by atoms with Gasteiger partial charge in [-0.3, -0.25) is 14.4 Å². The Balaban J connectivity index is 1.36. The van der Waals surface area contributed by atoms with Crippen LogP contribution in [-0.4, -0.2) is 33.4 Å². The van der Waals surface area contributed by atoms with Gasteiger partial charge in [-0.25, -0.2) is 4.68 Å². The third kappa shape index (κ3) is 5.48. The summed E-state index contributed by atoms with van der Waals surface area (Å²) in [6.45, 7) is 0.558. The Morgan fingerprint density at radius 2 is 1.61 bits per heavy atom. The van der Waals surface area contributed by atoms with E-state index in [2.05, 4.69) is 20.9 Å². The summed E-state index contributed by atoms with van der Waals surface area (Å²) in [6.07, 6.45) is 0.722. The van der Waals surface area contributed by atoms with Gasteiger partial charge in [-0.15, -0.1) is 5.10 Å². The normalized spacial score (nSPS) is 10.7. The zero-order valence-electron chi connectivity index (χ0n) is 17.9. The molecule has 0 atom stereocenters. The van der Waals surface area contributed by atoms with Crippen molar-refractivity contribution in [3.63, 3.8) is 0 Å². The molecule has 2 N–H and O–H groups in total. The summed E-state index contributed by atoms with van der Waals surface area (Å²) in [6, 6.07) is 23.6. The standard InChI is InChI=1S/C25H23N5O3/c31-23(15-17-30-25(33)20-11-5-7-13-22(20)28-29-30)27-21-12-6-4-10-19(21)24(32)26-16-14-18-8-2-1-3-9-18/h1-13H,14-17H2,(H,26,32)(H,27,31). The Labute approximate surface area is 190 Å². The summed E-state index contributed by atoms with van der Waals surface area (Å²) < 4.78 is 1.17. The monoisotopic (exact) mass is 441 g/mol. The van der Waals surface area contributed by atoms with E-state index in [4.69, 9.17) is 0 Å². The number of carbonyl (C=O) groups excluding carboxylic acids is 2. The number of fused-ring (bicyclic) bond motifs is 1. The first-order valence-corrected chi connectivity index (χ1v) is 10.7. The van der Waals surface area contributed by atoms with E-state index in [1.54, 1.807) is 48.5 Å². The van der Waals surface area contributed by atoms with Crippen LogP contribution in [0.2, 0.25) is 0 Å². The third-order valence-corrected chi connectivity index (χ3v) is 5.17. The van der Waals surface area contributed by atoms with E-state index < -0.39 is 0 Å². The van der Waals surface area contributed by atoms with E-state index in [9.17, 15) is 14.4 Å². The minimum absolute atomic E-state index is 0.0108. The lowest BCUT2D eigenvalue weighted by molar-refractivity contribution is -0.116. The first kappa shape index (κ1) is 21.9. The molecule has 1 aromatic heterocycles. The van der Waals surface area contributed by atoms with Crippen molar-refractivity contribution < 1.29 is 9.59 Å². The molecule has 0 aliphatic heterocycles. The Morgan fingerprint density at radius 1 is 0.879 bits per heavy atom. The van der Waals surface area contributed by atoms with Gasteiger partial charge >= 0.3 is 0 Å². The van der Waals surface area contributed by atoms with Crippen LogP contribution in [0.5, 0.6) is 0 Å². The lowest BCUT2D eigenvalue weighted by atomic mass is 10.1. The molecule has 8 nitrogen and oxygen atoms in total. The predicted molar refractivity (Wildman–Crippen MR) is 126 cm³/mol. The zero-order valence-corrected chi connectivity index (χ0v) is 17.9. The average Bonchev–Trinajstić information content (AvgIpc) is 2.85. The molecule has 166 valence electrons. The van der Waals surface area contributed by atoms with Gasteiger partial charge in [0.05, 0.1) is 23.2 Å². The molecule has 0 fully saturated rings. The number of hydrogen-bond donors (Lipinski definition) is 2. The third-order valence-electron chi connectivity index (χ3n) is 5.17. The fourth-order valence-corrected chi connectivity index (χ4v) is 3.44. The van der Waals surface area contributed by atoms with E-state index >= 15 is 0 Å². The van der Waals surface area contributed by atoms with Crippen molar-refractivity contribution in [3.8, 4) is 0 Å². The summed E-state index contributed by atoms with van der Waals surface area (Å²) >= 11 is 0. The number of benzene rings is 3. The molecule has 0 aliphatic rings. The Bertz CT molecular complexity index is 1330. The molecular formula is C25H23N5O3. The van der Waals surface area contributed by atoms with Crippen molar-refractivity contribution in [1.29, 1.82) is 0 Å². The SMILES string of the molecule is O=C(CCn1nnc2ccccc2c1=O)Nc1ccccc1C(=O)NCCc1ccccc1. The second kappa shape index (κ2) is 10.3. The number of amides is 2. The van der Waals surface area contributed by atoms with E-state index in [1.807, 2.05) is 30.3 Å². The summed E-state index contributed by atoms with van der Waals surface area (Å²) in [5.41, 5.74) is 2.13. The molecule has 0 saturated carbocycles. The van der Waals surface area contributed by atoms with Crippen molar-refractivity contribution in [3.05, 3.63) is 100 Å². The topological polar surface area (TPSA) is 106 Å². The second-order valence-electron chi connectivity index (χ2n) is 7.47.